The zero-order valence-electron chi connectivity index (χ0n) is 28.7. The number of rotatable bonds is 6. The minimum absolute atomic E-state index is 0.0690. The number of hydrogen-bond donors (Lipinski definition) is 1. The van der Waals surface area contributed by atoms with Gasteiger partial charge >= 0.3 is 12.1 Å². The lowest BCUT2D eigenvalue weighted by Gasteiger charge is -2.52. The first-order valence-electron chi connectivity index (χ1n) is 16.7. The Morgan fingerprint density at radius 2 is 1.63 bits per heavy atom. The highest BCUT2D eigenvalue weighted by molar-refractivity contribution is 5.85. The Morgan fingerprint density at radius 3 is 2.15 bits per heavy atom. The van der Waals surface area contributed by atoms with Crippen molar-refractivity contribution in [1.82, 2.24) is 24.5 Å². The third kappa shape index (κ3) is 6.81. The number of ether oxygens (including phenoxy) is 1. The van der Waals surface area contributed by atoms with Gasteiger partial charge in [-0.3, -0.25) is 9.80 Å². The van der Waals surface area contributed by atoms with Crippen LogP contribution in [-0.2, 0) is 10.3 Å². The highest BCUT2D eigenvalue weighted by Crippen LogP contribution is 2.50. The molecular formula is C35H53N7O4. The molecule has 2 aliphatic heterocycles. The molecule has 0 radical (unpaired) electrons. The van der Waals surface area contributed by atoms with E-state index in [1.54, 1.807) is 11.1 Å². The molecule has 11 heteroatoms. The summed E-state index contributed by atoms with van der Waals surface area (Å²) in [6.07, 6.45) is 7.35. The van der Waals surface area contributed by atoms with Crippen LogP contribution in [0, 0.1) is 0 Å². The van der Waals surface area contributed by atoms with Gasteiger partial charge in [0, 0.05) is 37.4 Å². The van der Waals surface area contributed by atoms with Gasteiger partial charge in [0.1, 0.15) is 5.60 Å². The average Bonchev–Trinajstić information content (AvgIpc) is 3.27. The quantitative estimate of drug-likeness (QED) is 0.353. The summed E-state index contributed by atoms with van der Waals surface area (Å²) in [5, 5.41) is 11.2. The first kappa shape index (κ1) is 33.9. The fourth-order valence-corrected chi connectivity index (χ4v) is 7.50. The van der Waals surface area contributed by atoms with Gasteiger partial charge in [-0.1, -0.05) is 30.3 Å². The van der Waals surface area contributed by atoms with Gasteiger partial charge in [-0.05, 0) is 99.0 Å². The summed E-state index contributed by atoms with van der Waals surface area (Å²) in [7, 11) is 4.30. The number of guanidine groups is 1. The standard InChI is InChI=1S/C35H53N7O4/c1-27(24-37-29(36-5)39-20-22-40(23-21-39)31(44)46-32(2,3)4)41-25-33(42(30(41)43)26-34(45)14-11-15-34)16-18-35(19-17-33,38(6)7)28-12-9-8-10-13-28/h8-10,12-13,24,45H,5,11,14-23,25-26H2,1-4,6-7H3/b27-24+,37-29?. The number of aliphatic imine (C=N–C) groups is 2. The van der Waals surface area contributed by atoms with Crippen molar-refractivity contribution in [3.8, 4) is 0 Å². The summed E-state index contributed by atoms with van der Waals surface area (Å²) in [6.45, 7) is 14.2. The number of nitrogens with zero attached hydrogens (tertiary/aromatic N) is 7. The molecule has 3 amide bonds. The molecule has 4 fully saturated rings. The van der Waals surface area contributed by atoms with Gasteiger partial charge in [0.05, 0.1) is 30.4 Å². The predicted molar refractivity (Wildman–Crippen MR) is 181 cm³/mol. The third-order valence-electron chi connectivity index (χ3n) is 10.5. The van der Waals surface area contributed by atoms with Gasteiger partial charge in [0.15, 0.2) is 0 Å². The van der Waals surface area contributed by atoms with Crippen molar-refractivity contribution in [2.75, 3.05) is 53.4 Å². The summed E-state index contributed by atoms with van der Waals surface area (Å²) in [5.41, 5.74) is 0.209. The number of urea groups is 1. The maximum absolute atomic E-state index is 14.2. The molecule has 0 aromatic heterocycles. The van der Waals surface area contributed by atoms with Crippen LogP contribution in [-0.4, -0.2) is 125 Å². The number of β-amino-alcohol motifs (C(OH)–C–C–N with tert-alkyl or cyclic N) is 1. The minimum Gasteiger partial charge on any atom is -0.444 e. The highest BCUT2D eigenvalue weighted by Gasteiger charge is 2.56. The second-order valence-corrected chi connectivity index (χ2v) is 14.9. The number of carbonyl (C=O) groups excluding carboxylic acids is 2. The van der Waals surface area contributed by atoms with Crippen molar-refractivity contribution in [2.24, 2.45) is 9.98 Å². The van der Waals surface area contributed by atoms with E-state index in [4.69, 9.17) is 4.74 Å². The van der Waals surface area contributed by atoms with Crippen LogP contribution in [0.4, 0.5) is 9.59 Å². The van der Waals surface area contributed by atoms with Crippen LogP contribution in [0.15, 0.2) is 52.2 Å². The summed E-state index contributed by atoms with van der Waals surface area (Å²) in [6, 6.07) is 10.6. The van der Waals surface area contributed by atoms with Crippen LogP contribution >= 0.6 is 0 Å². The number of allylic oxidation sites excluding steroid dienone is 1. The lowest BCUT2D eigenvalue weighted by molar-refractivity contribution is -0.0725. The van der Waals surface area contributed by atoms with E-state index < -0.39 is 11.2 Å². The van der Waals surface area contributed by atoms with Gasteiger partial charge in [-0.25, -0.2) is 19.6 Å². The summed E-state index contributed by atoms with van der Waals surface area (Å²) in [4.78, 5) is 45.4. The van der Waals surface area contributed by atoms with Crippen LogP contribution in [0.25, 0.3) is 0 Å². The number of hydrogen-bond acceptors (Lipinski definition) is 6. The lowest BCUT2D eigenvalue weighted by atomic mass is 9.67. The van der Waals surface area contributed by atoms with Crippen LogP contribution in [0.1, 0.15) is 78.2 Å². The molecule has 2 heterocycles. The summed E-state index contributed by atoms with van der Waals surface area (Å²) in [5.74, 6) is 0.460. The van der Waals surface area contributed by atoms with E-state index in [9.17, 15) is 14.7 Å². The van der Waals surface area contributed by atoms with E-state index >= 15 is 0 Å². The van der Waals surface area contributed by atoms with Crippen molar-refractivity contribution < 1.29 is 19.4 Å². The van der Waals surface area contributed by atoms with E-state index in [1.165, 1.54) is 5.56 Å². The van der Waals surface area contributed by atoms with Crippen LogP contribution in [0.2, 0.25) is 0 Å². The molecule has 2 saturated heterocycles. The molecule has 1 N–H and O–H groups in total. The molecule has 252 valence electrons. The Balaban J connectivity index is 1.32. The van der Waals surface area contributed by atoms with E-state index in [2.05, 4.69) is 66.0 Å². The van der Waals surface area contributed by atoms with Crippen molar-refractivity contribution in [2.45, 2.75) is 94.9 Å². The molecule has 5 rings (SSSR count). The average molecular weight is 636 g/mol. The molecule has 0 atom stereocenters. The molecular weight excluding hydrogens is 582 g/mol. The molecule has 4 aliphatic rings. The van der Waals surface area contributed by atoms with Gasteiger partial charge in [0.2, 0.25) is 5.96 Å². The predicted octanol–water partition coefficient (Wildman–Crippen LogP) is 4.88. The fourth-order valence-electron chi connectivity index (χ4n) is 7.50. The Labute approximate surface area is 274 Å². The first-order valence-corrected chi connectivity index (χ1v) is 16.7. The Kier molecular flexibility index (Phi) is 9.57. The van der Waals surface area contributed by atoms with Gasteiger partial charge < -0.3 is 24.5 Å². The molecule has 2 saturated carbocycles. The zero-order chi connectivity index (χ0) is 33.3. The second-order valence-electron chi connectivity index (χ2n) is 14.9. The Bertz CT molecular complexity index is 1330. The molecule has 1 aromatic rings. The summed E-state index contributed by atoms with van der Waals surface area (Å²) >= 11 is 0. The maximum Gasteiger partial charge on any atom is 0.410 e. The Hall–Kier alpha value is -3.44. The molecule has 11 nitrogen and oxygen atoms in total. The Morgan fingerprint density at radius 1 is 1.02 bits per heavy atom. The normalized spacial score (nSPS) is 27.3. The van der Waals surface area contributed by atoms with Gasteiger partial charge in [-0.2, -0.15) is 0 Å². The monoisotopic (exact) mass is 635 g/mol. The lowest BCUT2D eigenvalue weighted by Crippen LogP contribution is -2.59. The largest absolute Gasteiger partial charge is 0.444 e. The molecule has 0 bridgehead atoms. The SMILES string of the molecule is C=NC(=N/C=C(\C)N1CC2(CCC(c3ccccc3)(N(C)C)CC2)N(CC2(O)CCC2)C1=O)N1CCN(C(=O)OC(C)(C)C)CC1. The van der Waals surface area contributed by atoms with Gasteiger partial charge in [-0.15, -0.1) is 0 Å². The third-order valence-corrected chi connectivity index (χ3v) is 10.5. The van der Waals surface area contributed by atoms with Crippen molar-refractivity contribution in [1.29, 1.82) is 0 Å². The summed E-state index contributed by atoms with van der Waals surface area (Å²) < 4.78 is 5.52. The van der Waals surface area contributed by atoms with Crippen LogP contribution < -0.4 is 0 Å². The van der Waals surface area contributed by atoms with E-state index in [0.29, 0.717) is 45.2 Å². The van der Waals surface area contributed by atoms with Crippen molar-refractivity contribution in [3.05, 3.63) is 47.8 Å². The van der Waals surface area contributed by atoms with E-state index in [1.807, 2.05) is 42.4 Å². The van der Waals surface area contributed by atoms with E-state index in [-0.39, 0.29) is 23.2 Å². The number of amides is 3. The zero-order valence-corrected chi connectivity index (χ0v) is 28.7. The molecule has 46 heavy (non-hydrogen) atoms. The second kappa shape index (κ2) is 13.0. The molecule has 2 aliphatic carbocycles. The maximum atomic E-state index is 14.2. The highest BCUT2D eigenvalue weighted by atomic mass is 16.6. The van der Waals surface area contributed by atoms with Crippen molar-refractivity contribution in [3.63, 3.8) is 0 Å². The van der Waals surface area contributed by atoms with Crippen molar-refractivity contribution >= 4 is 24.8 Å². The van der Waals surface area contributed by atoms with Gasteiger partial charge in [0.25, 0.3) is 0 Å². The molecule has 1 aromatic carbocycles. The number of carbonyl (C=O) groups is 2. The molecule has 1 spiro atoms. The van der Waals surface area contributed by atoms with Crippen LogP contribution in [0.5, 0.6) is 0 Å². The van der Waals surface area contributed by atoms with E-state index in [0.717, 1.165) is 50.6 Å². The minimum atomic E-state index is -0.814. The van der Waals surface area contributed by atoms with Crippen LogP contribution in [0.3, 0.4) is 0 Å². The smallest absolute Gasteiger partial charge is 0.410 e. The fraction of sp³-hybridized carbons (Fsp3) is 0.657. The number of aliphatic hydroxyl groups is 1. The number of piperazine rings is 1. The number of benzene rings is 1. The first-order chi connectivity index (χ1) is 21.7. The molecule has 0 unspecified atom stereocenters. The topological polar surface area (TPSA) is 105 Å².